The summed E-state index contributed by atoms with van der Waals surface area (Å²) in [5.74, 6) is 0.871. The molecule has 94 valence electrons. The standard InChI is InChI=1S/C13H25NO2/c1-3-14-10-13(16-12-8-15-9-12)6-4-11(2)5-7-13/h11-12,14H,3-10H2,1-2H3. The lowest BCUT2D eigenvalue weighted by Crippen LogP contribution is -2.52. The summed E-state index contributed by atoms with van der Waals surface area (Å²) in [6.07, 6.45) is 5.37. The summed E-state index contributed by atoms with van der Waals surface area (Å²) in [7, 11) is 0. The fraction of sp³-hybridized carbons (Fsp3) is 1.00. The molecule has 3 heteroatoms. The van der Waals surface area contributed by atoms with E-state index in [1.54, 1.807) is 0 Å². The number of hydrogen-bond donors (Lipinski definition) is 1. The van der Waals surface area contributed by atoms with Crippen LogP contribution in [0.4, 0.5) is 0 Å². The Morgan fingerprint density at radius 1 is 1.31 bits per heavy atom. The van der Waals surface area contributed by atoms with Gasteiger partial charge in [0, 0.05) is 6.54 Å². The lowest BCUT2D eigenvalue weighted by Gasteiger charge is -2.43. The van der Waals surface area contributed by atoms with Gasteiger partial charge < -0.3 is 14.8 Å². The first kappa shape index (κ1) is 12.3. The minimum Gasteiger partial charge on any atom is -0.376 e. The van der Waals surface area contributed by atoms with E-state index in [1.165, 1.54) is 25.7 Å². The van der Waals surface area contributed by atoms with Crippen LogP contribution in [0.2, 0.25) is 0 Å². The van der Waals surface area contributed by atoms with Crippen molar-refractivity contribution in [2.45, 2.75) is 51.2 Å². The van der Waals surface area contributed by atoms with Crippen LogP contribution in [0.15, 0.2) is 0 Å². The molecule has 1 saturated heterocycles. The summed E-state index contributed by atoms with van der Waals surface area (Å²) in [6.45, 7) is 8.14. The Kier molecular flexibility index (Phi) is 4.22. The van der Waals surface area contributed by atoms with Crippen molar-refractivity contribution < 1.29 is 9.47 Å². The topological polar surface area (TPSA) is 30.5 Å². The van der Waals surface area contributed by atoms with Gasteiger partial charge in [-0.2, -0.15) is 0 Å². The molecule has 2 rings (SSSR count). The largest absolute Gasteiger partial charge is 0.376 e. The van der Waals surface area contributed by atoms with Crippen molar-refractivity contribution >= 4 is 0 Å². The van der Waals surface area contributed by atoms with Crippen molar-refractivity contribution in [3.05, 3.63) is 0 Å². The second kappa shape index (κ2) is 5.48. The molecule has 1 N–H and O–H groups in total. The Morgan fingerprint density at radius 2 is 2.00 bits per heavy atom. The zero-order valence-electron chi connectivity index (χ0n) is 10.6. The summed E-state index contributed by atoms with van der Waals surface area (Å²) < 4.78 is 11.5. The van der Waals surface area contributed by atoms with Crippen LogP contribution in [0, 0.1) is 5.92 Å². The number of rotatable bonds is 5. The minimum atomic E-state index is 0.0942. The van der Waals surface area contributed by atoms with Gasteiger partial charge in [-0.15, -0.1) is 0 Å². The fourth-order valence-corrected chi connectivity index (χ4v) is 2.61. The second-order valence-electron chi connectivity index (χ2n) is 5.42. The molecule has 0 spiro atoms. The van der Waals surface area contributed by atoms with Crippen molar-refractivity contribution in [2.75, 3.05) is 26.3 Å². The van der Waals surface area contributed by atoms with Crippen LogP contribution in [0.25, 0.3) is 0 Å². The predicted octanol–water partition coefficient (Wildman–Crippen LogP) is 1.96. The molecule has 0 bridgehead atoms. The molecule has 0 unspecified atom stereocenters. The maximum Gasteiger partial charge on any atom is 0.105 e. The molecule has 16 heavy (non-hydrogen) atoms. The Hall–Kier alpha value is -0.120. The third-order valence-electron chi connectivity index (χ3n) is 3.91. The first-order chi connectivity index (χ1) is 7.74. The number of likely N-dealkylation sites (N-methyl/N-ethyl adjacent to an activating group) is 1. The van der Waals surface area contributed by atoms with Gasteiger partial charge in [-0.05, 0) is 38.1 Å². The van der Waals surface area contributed by atoms with Gasteiger partial charge in [-0.1, -0.05) is 13.8 Å². The van der Waals surface area contributed by atoms with E-state index in [1.807, 2.05) is 0 Å². The van der Waals surface area contributed by atoms with E-state index in [4.69, 9.17) is 9.47 Å². The molecule has 0 amide bonds. The average molecular weight is 227 g/mol. The quantitative estimate of drug-likeness (QED) is 0.779. The first-order valence-corrected chi connectivity index (χ1v) is 6.70. The van der Waals surface area contributed by atoms with Crippen LogP contribution in [-0.2, 0) is 9.47 Å². The predicted molar refractivity (Wildman–Crippen MR) is 64.6 cm³/mol. The second-order valence-corrected chi connectivity index (χ2v) is 5.42. The molecule has 3 nitrogen and oxygen atoms in total. The summed E-state index contributed by atoms with van der Waals surface area (Å²) >= 11 is 0. The molecule has 0 aromatic carbocycles. The van der Waals surface area contributed by atoms with E-state index in [-0.39, 0.29) is 5.60 Å². The highest BCUT2D eigenvalue weighted by Gasteiger charge is 2.38. The van der Waals surface area contributed by atoms with Crippen molar-refractivity contribution in [3.63, 3.8) is 0 Å². The molecule has 1 aliphatic carbocycles. The van der Waals surface area contributed by atoms with Crippen molar-refractivity contribution in [1.82, 2.24) is 5.32 Å². The molecule has 1 aliphatic heterocycles. The monoisotopic (exact) mass is 227 g/mol. The number of ether oxygens (including phenoxy) is 2. The number of nitrogens with one attached hydrogen (secondary N) is 1. The van der Waals surface area contributed by atoms with E-state index in [0.717, 1.165) is 32.2 Å². The highest BCUT2D eigenvalue weighted by molar-refractivity contribution is 4.90. The van der Waals surface area contributed by atoms with Gasteiger partial charge in [0.1, 0.15) is 6.10 Å². The molecule has 0 atom stereocenters. The van der Waals surface area contributed by atoms with Gasteiger partial charge in [0.05, 0.1) is 18.8 Å². The van der Waals surface area contributed by atoms with Crippen LogP contribution in [-0.4, -0.2) is 38.0 Å². The molecule has 1 heterocycles. The van der Waals surface area contributed by atoms with E-state index in [2.05, 4.69) is 19.2 Å². The van der Waals surface area contributed by atoms with E-state index in [9.17, 15) is 0 Å². The zero-order valence-corrected chi connectivity index (χ0v) is 10.6. The van der Waals surface area contributed by atoms with E-state index < -0.39 is 0 Å². The molecule has 2 aliphatic rings. The van der Waals surface area contributed by atoms with Crippen molar-refractivity contribution in [1.29, 1.82) is 0 Å². The Labute approximate surface area is 98.9 Å². The van der Waals surface area contributed by atoms with Crippen LogP contribution >= 0.6 is 0 Å². The van der Waals surface area contributed by atoms with Crippen LogP contribution in [0.5, 0.6) is 0 Å². The molecule has 0 radical (unpaired) electrons. The molecule has 0 aromatic rings. The fourth-order valence-electron chi connectivity index (χ4n) is 2.61. The zero-order chi connectivity index (χ0) is 11.4. The molecular weight excluding hydrogens is 202 g/mol. The molecule has 1 saturated carbocycles. The maximum atomic E-state index is 6.28. The SMILES string of the molecule is CCNCC1(OC2COC2)CCC(C)CC1. The van der Waals surface area contributed by atoms with Gasteiger partial charge in [-0.25, -0.2) is 0 Å². The molecular formula is C13H25NO2. The van der Waals surface area contributed by atoms with Gasteiger partial charge in [0.25, 0.3) is 0 Å². The summed E-state index contributed by atoms with van der Waals surface area (Å²) in [5, 5.41) is 3.46. The summed E-state index contributed by atoms with van der Waals surface area (Å²) in [5.41, 5.74) is 0.0942. The average Bonchev–Trinajstić information content (AvgIpc) is 2.25. The van der Waals surface area contributed by atoms with E-state index >= 15 is 0 Å². The summed E-state index contributed by atoms with van der Waals surface area (Å²) in [4.78, 5) is 0. The lowest BCUT2D eigenvalue weighted by atomic mass is 9.79. The lowest BCUT2D eigenvalue weighted by molar-refractivity contribution is -0.202. The first-order valence-electron chi connectivity index (χ1n) is 6.70. The van der Waals surface area contributed by atoms with E-state index in [0.29, 0.717) is 6.10 Å². The molecule has 2 fully saturated rings. The van der Waals surface area contributed by atoms with Gasteiger partial charge in [-0.3, -0.25) is 0 Å². The maximum absolute atomic E-state index is 6.28. The summed E-state index contributed by atoms with van der Waals surface area (Å²) in [6, 6.07) is 0. The Balaban J connectivity index is 1.88. The third kappa shape index (κ3) is 2.96. The Morgan fingerprint density at radius 3 is 2.50 bits per heavy atom. The Bertz CT molecular complexity index is 202. The van der Waals surface area contributed by atoms with Crippen LogP contribution < -0.4 is 5.32 Å². The van der Waals surface area contributed by atoms with Gasteiger partial charge in [0.2, 0.25) is 0 Å². The normalized spacial score (nSPS) is 36.0. The minimum absolute atomic E-state index is 0.0942. The van der Waals surface area contributed by atoms with Crippen molar-refractivity contribution in [3.8, 4) is 0 Å². The van der Waals surface area contributed by atoms with Gasteiger partial charge >= 0.3 is 0 Å². The highest BCUT2D eigenvalue weighted by Crippen LogP contribution is 2.36. The van der Waals surface area contributed by atoms with Crippen LogP contribution in [0.3, 0.4) is 0 Å². The van der Waals surface area contributed by atoms with Crippen molar-refractivity contribution in [2.24, 2.45) is 5.92 Å². The third-order valence-corrected chi connectivity index (χ3v) is 3.91. The van der Waals surface area contributed by atoms with Gasteiger partial charge in [0.15, 0.2) is 0 Å². The highest BCUT2D eigenvalue weighted by atomic mass is 16.6. The molecule has 0 aromatic heterocycles. The smallest absolute Gasteiger partial charge is 0.105 e. The van der Waals surface area contributed by atoms with Crippen LogP contribution in [0.1, 0.15) is 39.5 Å². The number of hydrogen-bond acceptors (Lipinski definition) is 3.